The van der Waals surface area contributed by atoms with Gasteiger partial charge in [-0.3, -0.25) is 9.65 Å². The van der Waals surface area contributed by atoms with Gasteiger partial charge in [0.15, 0.2) is 0 Å². The molecule has 0 unspecified atom stereocenters. The van der Waals surface area contributed by atoms with Crippen LogP contribution < -0.4 is 0 Å². The average molecular weight is 148 g/mol. The summed E-state index contributed by atoms with van der Waals surface area (Å²) in [5.41, 5.74) is 0. The Morgan fingerprint density at radius 1 is 1.67 bits per heavy atom. The van der Waals surface area contributed by atoms with Crippen LogP contribution in [0.1, 0.15) is 0 Å². The molecule has 0 bridgehead atoms. The van der Waals surface area contributed by atoms with Crippen molar-refractivity contribution in [2.75, 3.05) is 0 Å². The van der Waals surface area contributed by atoms with Crippen molar-refractivity contribution in [3.8, 4) is 0 Å². The minimum absolute atomic E-state index is 0.220. The maximum atomic E-state index is 10.2. The molecule has 1 aromatic rings. The number of nitrogens with one attached hydrogen (secondary N) is 1. The summed E-state index contributed by atoms with van der Waals surface area (Å²) < 4.78 is 28.7. The predicted octanol–water partition coefficient (Wildman–Crippen LogP) is -0.344. The third kappa shape index (κ3) is 1.27. The number of H-pyrrole nitrogens is 1. The van der Waals surface area contributed by atoms with Crippen molar-refractivity contribution < 1.29 is 13.0 Å². The SMILES string of the molecule is O=S(=O)(O)c1cn[nH]c1. The van der Waals surface area contributed by atoms with Gasteiger partial charge in [0.25, 0.3) is 10.1 Å². The van der Waals surface area contributed by atoms with Gasteiger partial charge in [-0.15, -0.1) is 0 Å². The van der Waals surface area contributed by atoms with Crippen molar-refractivity contribution in [3.63, 3.8) is 0 Å². The predicted molar refractivity (Wildman–Crippen MR) is 28.4 cm³/mol. The number of aromatic nitrogens is 2. The third-order valence-corrected chi connectivity index (χ3v) is 1.59. The lowest BCUT2D eigenvalue weighted by atomic mass is 10.7. The smallest absolute Gasteiger partial charge is 0.284 e. The van der Waals surface area contributed by atoms with Crippen molar-refractivity contribution in [3.05, 3.63) is 12.4 Å². The van der Waals surface area contributed by atoms with Crippen molar-refractivity contribution >= 4 is 10.1 Å². The molecule has 0 saturated heterocycles. The van der Waals surface area contributed by atoms with Crippen molar-refractivity contribution in [1.82, 2.24) is 10.2 Å². The van der Waals surface area contributed by atoms with E-state index in [0.717, 1.165) is 12.4 Å². The van der Waals surface area contributed by atoms with Gasteiger partial charge in [-0.1, -0.05) is 0 Å². The molecule has 50 valence electrons. The Morgan fingerprint density at radius 3 is 2.56 bits per heavy atom. The standard InChI is InChI=1S/C3H4N2O3S/c6-9(7,8)3-1-4-5-2-3/h1-2H,(H,4,5)(H,6,7,8). The van der Waals surface area contributed by atoms with Crippen molar-refractivity contribution in [1.29, 1.82) is 0 Å². The van der Waals surface area contributed by atoms with Gasteiger partial charge in [-0.05, 0) is 0 Å². The molecule has 2 N–H and O–H groups in total. The highest BCUT2D eigenvalue weighted by atomic mass is 32.2. The fourth-order valence-electron chi connectivity index (χ4n) is 0.380. The molecular formula is C3H4N2O3S. The molecule has 0 spiro atoms. The summed E-state index contributed by atoms with van der Waals surface area (Å²) >= 11 is 0. The van der Waals surface area contributed by atoms with Gasteiger partial charge in [-0.2, -0.15) is 13.5 Å². The van der Waals surface area contributed by atoms with E-state index >= 15 is 0 Å². The van der Waals surface area contributed by atoms with Crippen molar-refractivity contribution in [2.45, 2.75) is 4.90 Å². The summed E-state index contributed by atoms with van der Waals surface area (Å²) in [6.45, 7) is 0. The van der Waals surface area contributed by atoms with Gasteiger partial charge >= 0.3 is 0 Å². The molecule has 5 nitrogen and oxygen atoms in total. The largest absolute Gasteiger partial charge is 0.297 e. The summed E-state index contributed by atoms with van der Waals surface area (Å²) in [7, 11) is -4.05. The van der Waals surface area contributed by atoms with Crippen LogP contribution in [0.3, 0.4) is 0 Å². The van der Waals surface area contributed by atoms with Crippen LogP contribution in [0.25, 0.3) is 0 Å². The Bertz CT molecular complexity index is 274. The molecule has 0 aliphatic heterocycles. The summed E-state index contributed by atoms with van der Waals surface area (Å²) in [6, 6.07) is 0. The van der Waals surface area contributed by atoms with E-state index in [2.05, 4.69) is 10.2 Å². The van der Waals surface area contributed by atoms with Crippen LogP contribution in [0.2, 0.25) is 0 Å². The van der Waals surface area contributed by atoms with E-state index in [0.29, 0.717) is 0 Å². The fraction of sp³-hybridized carbons (Fsp3) is 0. The number of nitrogens with zero attached hydrogens (tertiary/aromatic N) is 1. The van der Waals surface area contributed by atoms with Crippen LogP contribution in [-0.2, 0) is 10.1 Å². The first kappa shape index (κ1) is 6.24. The van der Waals surface area contributed by atoms with E-state index in [9.17, 15) is 8.42 Å². The van der Waals surface area contributed by atoms with Gasteiger partial charge in [0, 0.05) is 6.20 Å². The van der Waals surface area contributed by atoms with E-state index in [1.807, 2.05) is 0 Å². The Hall–Kier alpha value is -0.880. The summed E-state index contributed by atoms with van der Waals surface area (Å²) in [6.07, 6.45) is 2.12. The van der Waals surface area contributed by atoms with E-state index in [4.69, 9.17) is 4.55 Å². The van der Waals surface area contributed by atoms with Gasteiger partial charge in [0.2, 0.25) is 0 Å². The summed E-state index contributed by atoms with van der Waals surface area (Å²) in [4.78, 5) is -0.220. The second-order valence-electron chi connectivity index (χ2n) is 1.41. The number of hydrogen-bond donors (Lipinski definition) is 2. The molecule has 6 heteroatoms. The lowest BCUT2D eigenvalue weighted by Crippen LogP contribution is -1.94. The fourth-order valence-corrected chi connectivity index (χ4v) is 0.768. The van der Waals surface area contributed by atoms with E-state index in [-0.39, 0.29) is 4.90 Å². The van der Waals surface area contributed by atoms with Crippen LogP contribution >= 0.6 is 0 Å². The quantitative estimate of drug-likeness (QED) is 0.533. The van der Waals surface area contributed by atoms with Crippen LogP contribution in [-0.4, -0.2) is 23.2 Å². The highest BCUT2D eigenvalue weighted by Gasteiger charge is 2.08. The molecule has 9 heavy (non-hydrogen) atoms. The molecular weight excluding hydrogens is 144 g/mol. The van der Waals surface area contributed by atoms with E-state index < -0.39 is 10.1 Å². The second kappa shape index (κ2) is 1.82. The Labute approximate surface area is 51.5 Å². The summed E-state index contributed by atoms with van der Waals surface area (Å²) in [5, 5.41) is 5.57. The maximum Gasteiger partial charge on any atom is 0.297 e. The van der Waals surface area contributed by atoms with Crippen molar-refractivity contribution in [2.24, 2.45) is 0 Å². The Balaban J connectivity index is 3.20. The van der Waals surface area contributed by atoms with Gasteiger partial charge in [0.1, 0.15) is 4.90 Å². The number of hydrogen-bond acceptors (Lipinski definition) is 3. The third-order valence-electron chi connectivity index (χ3n) is 0.771. The molecule has 0 aliphatic rings. The zero-order valence-corrected chi connectivity index (χ0v) is 5.09. The first-order chi connectivity index (χ1) is 4.11. The van der Waals surface area contributed by atoms with Crippen LogP contribution in [0, 0.1) is 0 Å². The van der Waals surface area contributed by atoms with Crippen LogP contribution in [0.15, 0.2) is 17.3 Å². The Morgan fingerprint density at radius 2 is 2.33 bits per heavy atom. The zero-order valence-electron chi connectivity index (χ0n) is 4.27. The molecule has 1 heterocycles. The molecule has 0 aliphatic carbocycles. The second-order valence-corrected chi connectivity index (χ2v) is 2.83. The van der Waals surface area contributed by atoms with E-state index in [1.165, 1.54) is 0 Å². The zero-order chi connectivity index (χ0) is 6.91. The van der Waals surface area contributed by atoms with Crippen LogP contribution in [0.4, 0.5) is 0 Å². The van der Waals surface area contributed by atoms with E-state index in [1.54, 1.807) is 0 Å². The molecule has 1 aromatic heterocycles. The molecule has 0 aromatic carbocycles. The lowest BCUT2D eigenvalue weighted by Gasteiger charge is -1.83. The monoisotopic (exact) mass is 148 g/mol. The summed E-state index contributed by atoms with van der Waals surface area (Å²) in [5.74, 6) is 0. The van der Waals surface area contributed by atoms with Gasteiger partial charge in [-0.25, -0.2) is 0 Å². The van der Waals surface area contributed by atoms with Gasteiger partial charge in [0.05, 0.1) is 6.20 Å². The molecule has 1 rings (SSSR count). The highest BCUT2D eigenvalue weighted by molar-refractivity contribution is 7.85. The number of rotatable bonds is 1. The molecule has 0 amide bonds. The minimum Gasteiger partial charge on any atom is -0.284 e. The number of aromatic amines is 1. The molecule has 0 fully saturated rings. The van der Waals surface area contributed by atoms with Gasteiger partial charge < -0.3 is 0 Å². The van der Waals surface area contributed by atoms with Crippen LogP contribution in [0.5, 0.6) is 0 Å². The normalized spacial score (nSPS) is 11.7. The minimum atomic E-state index is -4.05. The molecule has 0 atom stereocenters. The lowest BCUT2D eigenvalue weighted by molar-refractivity contribution is 0.483. The first-order valence-electron chi connectivity index (χ1n) is 2.07. The Kier molecular flexibility index (Phi) is 1.26. The average Bonchev–Trinajstić information content (AvgIpc) is 2.08. The maximum absolute atomic E-state index is 10.2. The first-order valence-corrected chi connectivity index (χ1v) is 3.51. The molecule has 0 radical (unpaired) electrons. The topological polar surface area (TPSA) is 83.1 Å². The molecule has 0 saturated carbocycles. The highest BCUT2D eigenvalue weighted by Crippen LogP contribution is 2.01.